The predicted molar refractivity (Wildman–Crippen MR) is 267 cm³/mol. The van der Waals surface area contributed by atoms with Crippen molar-refractivity contribution in [1.82, 2.24) is 40.1 Å². The first-order valence-electron chi connectivity index (χ1n) is 24.5. The molecule has 10 rings (SSSR count). The second-order valence-electron chi connectivity index (χ2n) is 18.6. The minimum absolute atomic E-state index is 0.0247. The van der Waals surface area contributed by atoms with Gasteiger partial charge >= 0.3 is 18.3 Å². The fourth-order valence-corrected chi connectivity index (χ4v) is 9.11. The van der Waals surface area contributed by atoms with Gasteiger partial charge in [-0.2, -0.15) is 15.0 Å². The van der Waals surface area contributed by atoms with Crippen LogP contribution in [-0.2, 0) is 59.9 Å². The van der Waals surface area contributed by atoms with Crippen LogP contribution in [0.15, 0.2) is 79.5 Å². The third kappa shape index (κ3) is 12.8. The van der Waals surface area contributed by atoms with Crippen molar-refractivity contribution in [3.63, 3.8) is 0 Å². The van der Waals surface area contributed by atoms with Gasteiger partial charge in [0, 0.05) is 57.3 Å². The third-order valence-electron chi connectivity index (χ3n) is 13.4. The predicted octanol–water partition coefficient (Wildman–Crippen LogP) is 2.40. The van der Waals surface area contributed by atoms with Crippen molar-refractivity contribution >= 4 is 53.1 Å². The Morgan fingerprint density at radius 3 is 1.76 bits per heavy atom. The van der Waals surface area contributed by atoms with Gasteiger partial charge in [-0.1, -0.05) is 12.1 Å². The standard InChI is InChI=1S/C18H24N4O4.C16H16FN7O2.C16H20FN3O3/c1-12(23)20-10-16-11-22(18(25)26-16)15-3-2-13-4-6-21(17(24)9-19)7-5-14(13)8-15;17-14-5-12(1-2-15(14)22-7-11(6-18)19-10-22)23-8-13(26-16(23)25)9-24-20-3-4-21-24;1-10(21)19-7-12-8-20(15(22)23-12)11-2-3-13(14(17)6-11)16(9-18)4-5-16/h2-3,8,16H,4-7,9-11,19H2,1H3,(H,20,23);1-5,7,10,13H,6,8-9,18H2;2-3,6,12H,4-5,7-9,18H2,1H3,(H,19,21)/t16-;;12-/m0.0/s1. The first-order valence-corrected chi connectivity index (χ1v) is 24.5. The normalized spacial score (nSPS) is 19.4. The molecule has 2 aromatic heterocycles. The summed E-state index contributed by atoms with van der Waals surface area (Å²) in [6.07, 6.45) is 6.88. The zero-order valence-corrected chi connectivity index (χ0v) is 41.5. The second-order valence-corrected chi connectivity index (χ2v) is 18.6. The lowest BCUT2D eigenvalue weighted by molar-refractivity contribution is -0.129. The maximum atomic E-state index is 14.5. The highest BCUT2D eigenvalue weighted by Crippen LogP contribution is 2.48. The molecule has 3 saturated heterocycles. The number of hydrogen-bond donors (Lipinski definition) is 5. The number of anilines is 3. The van der Waals surface area contributed by atoms with Crippen LogP contribution in [0, 0.1) is 11.6 Å². The molecule has 0 radical (unpaired) electrons. The second kappa shape index (κ2) is 23.5. The molecule has 5 aliphatic rings. The highest BCUT2D eigenvalue weighted by molar-refractivity contribution is 5.91. The van der Waals surface area contributed by atoms with Gasteiger partial charge in [0.1, 0.15) is 29.9 Å². The van der Waals surface area contributed by atoms with Crippen molar-refractivity contribution in [3.05, 3.63) is 114 Å². The molecule has 4 aliphatic heterocycles. The quantitative estimate of drug-likeness (QED) is 0.0999. The molecule has 0 spiro atoms. The minimum Gasteiger partial charge on any atom is -0.442 e. The number of imidazole rings is 1. The largest absolute Gasteiger partial charge is 0.442 e. The Morgan fingerprint density at radius 2 is 1.24 bits per heavy atom. The molecule has 23 nitrogen and oxygen atoms in total. The van der Waals surface area contributed by atoms with Crippen molar-refractivity contribution < 1.29 is 51.8 Å². The Morgan fingerprint density at radius 1 is 0.707 bits per heavy atom. The number of nitrogens with zero attached hydrogens (tertiary/aromatic N) is 9. The Kier molecular flexibility index (Phi) is 16.7. The van der Waals surface area contributed by atoms with Crippen LogP contribution in [0.2, 0.25) is 0 Å². The fourth-order valence-electron chi connectivity index (χ4n) is 9.11. The number of carbonyl (C=O) groups is 6. The molecule has 398 valence electrons. The summed E-state index contributed by atoms with van der Waals surface area (Å²) >= 11 is 0. The van der Waals surface area contributed by atoms with Gasteiger partial charge in [-0.25, -0.2) is 28.1 Å². The third-order valence-corrected chi connectivity index (χ3v) is 13.4. The zero-order chi connectivity index (χ0) is 53.4. The molecule has 1 aliphatic carbocycles. The Hall–Kier alpha value is -8.03. The van der Waals surface area contributed by atoms with Crippen molar-refractivity contribution in [2.45, 2.75) is 76.3 Å². The molecule has 3 aromatic carbocycles. The van der Waals surface area contributed by atoms with Gasteiger partial charge in [0.15, 0.2) is 0 Å². The SMILES string of the molecule is CC(=O)NC[C@H]1CN(c2ccc(C3(CN)CC3)c(F)c2)C(=O)O1.CC(=O)NC[C@H]1CN(c2ccc3c(c2)CCN(C(=O)CN)CC3)C(=O)O1.NCc1cn(-c2ccc(N3CC(Cn4nccn4)OC3=O)cc2F)cn1. The van der Waals surface area contributed by atoms with E-state index in [9.17, 15) is 37.5 Å². The van der Waals surface area contributed by atoms with Crippen LogP contribution in [0.3, 0.4) is 0 Å². The molecule has 6 heterocycles. The average Bonchev–Trinajstić information content (AvgIpc) is 3.90. The number of fused-ring (bicyclic) bond motifs is 1. The molecule has 0 bridgehead atoms. The van der Waals surface area contributed by atoms with Gasteiger partial charge in [0.25, 0.3) is 0 Å². The number of rotatable bonds is 14. The number of nitrogens with one attached hydrogen (secondary N) is 2. The maximum Gasteiger partial charge on any atom is 0.414 e. The lowest BCUT2D eigenvalue weighted by atomic mass is 9.95. The van der Waals surface area contributed by atoms with Crippen LogP contribution in [0.25, 0.3) is 5.69 Å². The van der Waals surface area contributed by atoms with Crippen molar-refractivity contribution in [2.24, 2.45) is 17.2 Å². The lowest BCUT2D eigenvalue weighted by Crippen LogP contribution is -2.37. The number of benzene rings is 3. The number of aromatic nitrogens is 5. The number of halogens is 2. The molecular formula is C50H60F2N14O9. The van der Waals surface area contributed by atoms with E-state index >= 15 is 0 Å². The van der Waals surface area contributed by atoms with E-state index in [1.807, 2.05) is 18.2 Å². The highest BCUT2D eigenvalue weighted by Gasteiger charge is 2.45. The summed E-state index contributed by atoms with van der Waals surface area (Å²) in [5.74, 6) is -1.20. The van der Waals surface area contributed by atoms with E-state index in [0.717, 1.165) is 36.9 Å². The molecule has 1 saturated carbocycles. The van der Waals surface area contributed by atoms with Gasteiger partial charge in [-0.15, -0.1) is 0 Å². The molecule has 4 fully saturated rings. The Balaban J connectivity index is 0.000000150. The maximum absolute atomic E-state index is 14.5. The lowest BCUT2D eigenvalue weighted by Gasteiger charge is -2.18. The van der Waals surface area contributed by atoms with E-state index in [0.29, 0.717) is 74.1 Å². The van der Waals surface area contributed by atoms with Gasteiger partial charge in [-0.3, -0.25) is 29.1 Å². The summed E-state index contributed by atoms with van der Waals surface area (Å²) in [6.45, 7) is 6.70. The highest BCUT2D eigenvalue weighted by atomic mass is 19.1. The van der Waals surface area contributed by atoms with Crippen molar-refractivity contribution in [1.29, 1.82) is 0 Å². The smallest absolute Gasteiger partial charge is 0.414 e. The molecule has 5 aromatic rings. The minimum atomic E-state index is -0.535. The van der Waals surface area contributed by atoms with Crippen LogP contribution in [0.4, 0.5) is 40.2 Å². The van der Waals surface area contributed by atoms with E-state index in [2.05, 4.69) is 25.8 Å². The van der Waals surface area contributed by atoms with Crippen LogP contribution < -0.4 is 42.5 Å². The number of carbonyl (C=O) groups excluding carboxylic acids is 6. The van der Waals surface area contributed by atoms with Gasteiger partial charge in [0.05, 0.1) is 87.3 Å². The number of cyclic esters (lactones) is 3. The summed E-state index contributed by atoms with van der Waals surface area (Å²) in [5.41, 5.74) is 22.1. The van der Waals surface area contributed by atoms with E-state index in [4.69, 9.17) is 31.4 Å². The molecule has 75 heavy (non-hydrogen) atoms. The fraction of sp³-hybridized carbons (Fsp3) is 0.420. The number of ether oxygens (including phenoxy) is 3. The van der Waals surface area contributed by atoms with Gasteiger partial charge in [-0.05, 0) is 84.8 Å². The summed E-state index contributed by atoms with van der Waals surface area (Å²) in [7, 11) is 0. The van der Waals surface area contributed by atoms with Crippen LogP contribution in [-0.4, -0.2) is 143 Å². The Bertz CT molecular complexity index is 2900. The van der Waals surface area contributed by atoms with Crippen LogP contribution in [0.1, 0.15) is 49.1 Å². The molecule has 1 unspecified atom stereocenters. The first-order chi connectivity index (χ1) is 36.1. The summed E-state index contributed by atoms with van der Waals surface area (Å²) < 4.78 is 46.3. The molecule has 8 N–H and O–H groups in total. The summed E-state index contributed by atoms with van der Waals surface area (Å²) in [6, 6.07) is 15.2. The van der Waals surface area contributed by atoms with E-state index < -0.39 is 36.3 Å². The van der Waals surface area contributed by atoms with Gasteiger partial charge in [0.2, 0.25) is 17.7 Å². The topological polar surface area (TPSA) is 294 Å². The van der Waals surface area contributed by atoms with E-state index in [-0.39, 0.29) is 61.2 Å². The van der Waals surface area contributed by atoms with Crippen molar-refractivity contribution in [3.8, 4) is 5.69 Å². The number of hydrogen-bond acceptors (Lipinski definition) is 15. The first kappa shape index (κ1) is 53.3. The number of amides is 6. The molecular weight excluding hydrogens is 979 g/mol. The van der Waals surface area contributed by atoms with Crippen LogP contribution in [0.5, 0.6) is 0 Å². The molecule has 3 atom stereocenters. The zero-order valence-electron chi connectivity index (χ0n) is 41.5. The van der Waals surface area contributed by atoms with Crippen LogP contribution >= 0.6 is 0 Å². The monoisotopic (exact) mass is 1040 g/mol. The van der Waals surface area contributed by atoms with E-state index in [1.165, 1.54) is 52.5 Å². The molecule has 25 heteroatoms. The average molecular weight is 1040 g/mol. The summed E-state index contributed by atoms with van der Waals surface area (Å²) in [4.78, 5) is 81.7. The van der Waals surface area contributed by atoms with Crippen molar-refractivity contribution in [2.75, 3.05) is 73.6 Å². The van der Waals surface area contributed by atoms with Gasteiger partial charge < -0.3 is 51.5 Å². The Labute approximate surface area is 430 Å². The van der Waals surface area contributed by atoms with E-state index in [1.54, 1.807) is 57.2 Å². The summed E-state index contributed by atoms with van der Waals surface area (Å²) in [5, 5.41) is 13.3. The molecule has 6 amide bonds. The number of nitrogens with two attached hydrogens (primary N) is 3.